The van der Waals surface area contributed by atoms with E-state index in [2.05, 4.69) is 4.98 Å². The topological polar surface area (TPSA) is 118 Å². The molecule has 0 N–H and O–H groups in total. The van der Waals surface area contributed by atoms with Gasteiger partial charge in [0.25, 0.3) is 0 Å². The Morgan fingerprint density at radius 3 is 1.88 bits per heavy atom. The Kier molecular flexibility index (Phi) is 9.36. The Morgan fingerprint density at radius 1 is 1.25 bits per heavy atom. The van der Waals surface area contributed by atoms with E-state index < -0.39 is 10.4 Å². The van der Waals surface area contributed by atoms with Gasteiger partial charge >= 0.3 is 35.2 Å². The van der Waals surface area contributed by atoms with E-state index >= 15 is 0 Å². The van der Waals surface area contributed by atoms with Crippen LogP contribution in [-0.4, -0.2) is 24.6 Å². The number of diazo groups is 1. The molecule has 0 aliphatic carbocycles. The fraction of sp³-hybridized carbons (Fsp3) is 0.143. The Balaban J connectivity index is 0. The van der Waals surface area contributed by atoms with Gasteiger partial charge in [0.2, 0.25) is 5.39 Å². The zero-order chi connectivity index (χ0) is 11.9. The van der Waals surface area contributed by atoms with Crippen LogP contribution >= 0.6 is 0 Å². The number of hydrogen-bond donors (Lipinski definition) is 0. The van der Waals surface area contributed by atoms with Crippen LogP contribution in [0.5, 0.6) is 5.75 Å². The molecular formula is C7H7N2NaO5S. The minimum absolute atomic E-state index is 0. The minimum Gasteiger partial charge on any atom is -0.759 e. The van der Waals surface area contributed by atoms with Gasteiger partial charge in [-0.25, -0.2) is 0 Å². The summed E-state index contributed by atoms with van der Waals surface area (Å²) in [7, 11) is -3.58. The van der Waals surface area contributed by atoms with Gasteiger partial charge < -0.3 is 13.8 Å². The van der Waals surface area contributed by atoms with Crippen LogP contribution in [0.3, 0.4) is 0 Å². The van der Waals surface area contributed by atoms with E-state index in [1.54, 1.807) is 31.4 Å². The van der Waals surface area contributed by atoms with Crippen molar-refractivity contribution in [2.24, 2.45) is 0 Å². The molecule has 0 aromatic heterocycles. The zero-order valence-electron chi connectivity index (χ0n) is 8.65. The molecule has 0 amide bonds. The largest absolute Gasteiger partial charge is 1.00 e. The third-order valence-electron chi connectivity index (χ3n) is 1.19. The van der Waals surface area contributed by atoms with Crippen molar-refractivity contribution in [3.63, 3.8) is 0 Å². The third-order valence-corrected chi connectivity index (χ3v) is 1.19. The third kappa shape index (κ3) is 11.4. The van der Waals surface area contributed by atoms with Gasteiger partial charge in [0, 0.05) is 22.5 Å². The summed E-state index contributed by atoms with van der Waals surface area (Å²) >= 11 is 0. The predicted molar refractivity (Wildman–Crippen MR) is 48.2 cm³/mol. The van der Waals surface area contributed by atoms with E-state index in [1.807, 2.05) is 0 Å². The second-order valence-electron chi connectivity index (χ2n) is 2.21. The second kappa shape index (κ2) is 8.46. The summed E-state index contributed by atoms with van der Waals surface area (Å²) in [6.07, 6.45) is 0. The van der Waals surface area contributed by atoms with Crippen LogP contribution in [0.25, 0.3) is 4.98 Å². The molecule has 0 spiro atoms. The van der Waals surface area contributed by atoms with Crippen molar-refractivity contribution in [1.82, 2.24) is 0 Å². The summed E-state index contributed by atoms with van der Waals surface area (Å²) in [5.41, 5.74) is 0.529. The van der Waals surface area contributed by atoms with Crippen LogP contribution in [0.15, 0.2) is 24.3 Å². The molecular weight excluding hydrogens is 247 g/mol. The average Bonchev–Trinajstić information content (AvgIpc) is 2.15. The molecule has 0 unspecified atom stereocenters. The van der Waals surface area contributed by atoms with Crippen molar-refractivity contribution in [2.75, 3.05) is 7.11 Å². The number of benzene rings is 1. The van der Waals surface area contributed by atoms with Gasteiger partial charge in [-0.3, -0.25) is 8.42 Å². The first-order valence-corrected chi connectivity index (χ1v) is 4.86. The number of ether oxygens (including phenoxy) is 1. The maximum Gasteiger partial charge on any atom is 1.00 e. The van der Waals surface area contributed by atoms with Gasteiger partial charge in [-0.05, 0) is 12.1 Å². The van der Waals surface area contributed by atoms with Crippen molar-refractivity contribution >= 4 is 16.1 Å². The Labute approximate surface area is 115 Å². The molecule has 1 aromatic rings. The van der Waals surface area contributed by atoms with Crippen LogP contribution in [0, 0.1) is 5.39 Å². The van der Waals surface area contributed by atoms with Gasteiger partial charge in [-0.15, -0.1) is 0 Å². The van der Waals surface area contributed by atoms with Crippen LogP contribution in [0.2, 0.25) is 0 Å². The molecule has 0 saturated carbocycles. The fourth-order valence-electron chi connectivity index (χ4n) is 0.649. The summed E-state index contributed by atoms with van der Waals surface area (Å²) in [6.45, 7) is 0. The number of nitrogens with zero attached hydrogens (tertiary/aromatic N) is 2. The molecule has 0 saturated heterocycles. The summed E-state index contributed by atoms with van der Waals surface area (Å²) < 4.78 is 39.0. The molecule has 0 radical (unpaired) electrons. The first kappa shape index (κ1) is 17.7. The van der Waals surface area contributed by atoms with Gasteiger partial charge in [-0.1, -0.05) is 0 Å². The smallest absolute Gasteiger partial charge is 0.759 e. The van der Waals surface area contributed by atoms with Crippen LogP contribution in [0.1, 0.15) is 0 Å². The zero-order valence-corrected chi connectivity index (χ0v) is 11.5. The molecule has 7 nitrogen and oxygen atoms in total. The van der Waals surface area contributed by atoms with E-state index in [0.717, 1.165) is 5.75 Å². The van der Waals surface area contributed by atoms with Gasteiger partial charge in [0.15, 0.2) is 4.98 Å². The fourth-order valence-corrected chi connectivity index (χ4v) is 0.649. The molecule has 16 heavy (non-hydrogen) atoms. The Hall–Kier alpha value is -0.690. The first-order valence-electron chi connectivity index (χ1n) is 3.52. The molecule has 1 rings (SSSR count). The number of hydrogen-bond acceptors (Lipinski definition) is 6. The van der Waals surface area contributed by atoms with Crippen LogP contribution in [0.4, 0.5) is 5.69 Å². The molecule has 82 valence electrons. The molecule has 9 heteroatoms. The normalized spacial score (nSPS) is 8.88. The molecule has 0 bridgehead atoms. The van der Waals surface area contributed by atoms with Crippen molar-refractivity contribution in [3.8, 4) is 5.75 Å². The summed E-state index contributed by atoms with van der Waals surface area (Å²) in [4.78, 5) is 2.99. The first-order chi connectivity index (χ1) is 6.86. The molecule has 1 aromatic carbocycles. The van der Waals surface area contributed by atoms with E-state index in [0.29, 0.717) is 5.69 Å². The number of rotatable bonds is 1. The van der Waals surface area contributed by atoms with Crippen LogP contribution in [-0.2, 0) is 10.4 Å². The van der Waals surface area contributed by atoms with E-state index in [4.69, 9.17) is 27.7 Å². The van der Waals surface area contributed by atoms with Crippen LogP contribution < -0.4 is 34.3 Å². The number of methoxy groups -OCH3 is 1. The van der Waals surface area contributed by atoms with E-state index in [-0.39, 0.29) is 29.6 Å². The second-order valence-corrected chi connectivity index (χ2v) is 3.02. The van der Waals surface area contributed by atoms with Gasteiger partial charge in [-0.2, -0.15) is 0 Å². The van der Waals surface area contributed by atoms with Gasteiger partial charge in [0.1, 0.15) is 5.75 Å². The Morgan fingerprint density at radius 2 is 1.62 bits per heavy atom. The van der Waals surface area contributed by atoms with Crippen molar-refractivity contribution in [1.29, 1.82) is 5.39 Å². The predicted octanol–water partition coefficient (Wildman–Crippen LogP) is -2.15. The molecule has 0 heterocycles. The standard InChI is InChI=1S/C7H7N2O.Na.H2O4S/c1-10-7-4-2-6(9-8)3-5-7;;1-5(2,3)4/h2-5H,1H3;;(H2,1,2,3,4)/q2*+1;/p-2. The van der Waals surface area contributed by atoms with Crippen molar-refractivity contribution < 1.29 is 51.8 Å². The molecule has 0 aliphatic heterocycles. The molecule has 0 fully saturated rings. The Bertz CT molecular complexity index is 431. The summed E-state index contributed by atoms with van der Waals surface area (Å²) in [5, 5.41) is 8.29. The molecule has 0 aliphatic rings. The maximum absolute atomic E-state index is 8.52. The summed E-state index contributed by atoms with van der Waals surface area (Å²) in [6, 6.07) is 6.79. The average molecular weight is 254 g/mol. The van der Waals surface area contributed by atoms with Gasteiger partial charge in [0.05, 0.1) is 7.11 Å². The minimum atomic E-state index is -5.17. The van der Waals surface area contributed by atoms with E-state index in [9.17, 15) is 0 Å². The van der Waals surface area contributed by atoms with E-state index in [1.165, 1.54) is 0 Å². The quantitative estimate of drug-likeness (QED) is 0.244. The molecule has 0 atom stereocenters. The van der Waals surface area contributed by atoms with Crippen molar-refractivity contribution in [3.05, 3.63) is 29.2 Å². The maximum atomic E-state index is 8.52. The monoisotopic (exact) mass is 254 g/mol. The summed E-state index contributed by atoms with van der Waals surface area (Å²) in [5.74, 6) is 0.757. The SMILES string of the molecule is COc1ccc([N+]#N)cc1.O=S(=O)([O-])[O-].[Na+]. The van der Waals surface area contributed by atoms with Crippen molar-refractivity contribution in [2.45, 2.75) is 0 Å².